The van der Waals surface area contributed by atoms with Crippen molar-refractivity contribution < 1.29 is 18.0 Å². The molecule has 0 fully saturated rings. The molecule has 2 amide bonds. The van der Waals surface area contributed by atoms with Gasteiger partial charge in [0.15, 0.2) is 0 Å². The summed E-state index contributed by atoms with van der Waals surface area (Å²) >= 11 is 0. The molecule has 0 aliphatic heterocycles. The molecule has 0 bridgehead atoms. The van der Waals surface area contributed by atoms with Gasteiger partial charge in [0.25, 0.3) is 21.8 Å². The number of para-hydroxylation sites is 2. The quantitative estimate of drug-likeness (QED) is 0.336. The van der Waals surface area contributed by atoms with Gasteiger partial charge in [-0.1, -0.05) is 72.8 Å². The zero-order valence-electron chi connectivity index (χ0n) is 20.5. The van der Waals surface area contributed by atoms with Crippen LogP contribution in [0.1, 0.15) is 39.2 Å². The number of carbonyl (C=O) groups is 2. The van der Waals surface area contributed by atoms with E-state index in [0.717, 1.165) is 9.87 Å². The third-order valence-electron chi connectivity index (χ3n) is 5.96. The summed E-state index contributed by atoms with van der Waals surface area (Å²) in [5, 5.41) is 5.74. The lowest BCUT2D eigenvalue weighted by molar-refractivity contribution is 0.0940. The molecule has 7 nitrogen and oxygen atoms in total. The van der Waals surface area contributed by atoms with Gasteiger partial charge in [0.1, 0.15) is 0 Å². The first-order valence-corrected chi connectivity index (χ1v) is 13.1. The number of rotatable bonds is 8. The largest absolute Gasteiger partial charge is 0.345 e. The molecule has 4 rings (SSSR count). The van der Waals surface area contributed by atoms with Crippen molar-refractivity contribution in [3.8, 4) is 0 Å². The fourth-order valence-corrected chi connectivity index (χ4v) is 5.13. The monoisotopic (exact) mass is 513 g/mol. The van der Waals surface area contributed by atoms with Crippen LogP contribution in [-0.4, -0.2) is 27.3 Å². The Kier molecular flexibility index (Phi) is 7.69. The highest BCUT2D eigenvalue weighted by molar-refractivity contribution is 7.92. The van der Waals surface area contributed by atoms with Gasteiger partial charge in [-0.2, -0.15) is 0 Å². The van der Waals surface area contributed by atoms with Crippen molar-refractivity contribution in [2.75, 3.05) is 16.7 Å². The third kappa shape index (κ3) is 5.70. The molecule has 4 aromatic rings. The fraction of sp³-hybridized carbons (Fsp3) is 0.103. The van der Waals surface area contributed by atoms with Gasteiger partial charge in [0, 0.05) is 7.05 Å². The van der Waals surface area contributed by atoms with E-state index in [-0.39, 0.29) is 28.1 Å². The Morgan fingerprint density at radius 2 is 1.24 bits per heavy atom. The maximum atomic E-state index is 13.4. The van der Waals surface area contributed by atoms with E-state index in [1.807, 2.05) is 37.3 Å². The second kappa shape index (κ2) is 11.1. The van der Waals surface area contributed by atoms with Crippen LogP contribution < -0.4 is 14.9 Å². The van der Waals surface area contributed by atoms with E-state index in [9.17, 15) is 18.0 Å². The molecule has 1 atom stereocenters. The summed E-state index contributed by atoms with van der Waals surface area (Å²) in [4.78, 5) is 26.6. The van der Waals surface area contributed by atoms with E-state index < -0.39 is 15.9 Å². The lowest BCUT2D eigenvalue weighted by atomic mass is 10.1. The molecule has 0 radical (unpaired) electrons. The zero-order valence-corrected chi connectivity index (χ0v) is 21.3. The van der Waals surface area contributed by atoms with Crippen molar-refractivity contribution >= 4 is 33.2 Å². The van der Waals surface area contributed by atoms with Gasteiger partial charge < -0.3 is 10.6 Å². The topological polar surface area (TPSA) is 95.6 Å². The first kappa shape index (κ1) is 25.7. The normalized spacial score (nSPS) is 11.8. The molecule has 0 heterocycles. The molecule has 188 valence electrons. The van der Waals surface area contributed by atoms with Crippen LogP contribution in [-0.2, 0) is 10.0 Å². The van der Waals surface area contributed by atoms with Crippen molar-refractivity contribution in [1.82, 2.24) is 5.32 Å². The van der Waals surface area contributed by atoms with Crippen molar-refractivity contribution in [2.45, 2.75) is 17.9 Å². The number of nitrogens with one attached hydrogen (secondary N) is 2. The predicted molar refractivity (Wildman–Crippen MR) is 145 cm³/mol. The average molecular weight is 514 g/mol. The van der Waals surface area contributed by atoms with E-state index in [1.165, 1.54) is 19.2 Å². The first-order chi connectivity index (χ1) is 17.8. The first-order valence-electron chi connectivity index (χ1n) is 11.7. The Morgan fingerprint density at radius 3 is 1.92 bits per heavy atom. The Bertz CT molecular complexity index is 1510. The number of sulfonamides is 1. The number of hydrogen-bond donors (Lipinski definition) is 2. The maximum Gasteiger partial charge on any atom is 0.264 e. The summed E-state index contributed by atoms with van der Waals surface area (Å²) < 4.78 is 27.4. The standard InChI is InChI=1S/C29H27N3O4S/c1-21(22-13-5-3-6-14-22)30-28(33)24-17-9-11-19-26(24)31-29(34)25-18-10-12-20-27(25)32(2)37(35,36)23-15-7-4-8-16-23/h3-21H,1-2H3,(H,30,33)(H,31,34)/t21-/m0/s1. The number of nitrogens with zero attached hydrogens (tertiary/aromatic N) is 1. The maximum absolute atomic E-state index is 13.4. The van der Waals surface area contributed by atoms with Gasteiger partial charge in [-0.15, -0.1) is 0 Å². The Balaban J connectivity index is 1.58. The van der Waals surface area contributed by atoms with Gasteiger partial charge >= 0.3 is 0 Å². The Morgan fingerprint density at radius 1 is 0.703 bits per heavy atom. The van der Waals surface area contributed by atoms with E-state index in [1.54, 1.807) is 66.7 Å². The molecule has 0 aromatic heterocycles. The molecule has 0 aliphatic rings. The molecule has 0 spiro atoms. The van der Waals surface area contributed by atoms with Crippen LogP contribution in [0.3, 0.4) is 0 Å². The average Bonchev–Trinajstić information content (AvgIpc) is 2.93. The van der Waals surface area contributed by atoms with Gasteiger partial charge in [0.05, 0.1) is 33.4 Å². The molecule has 2 N–H and O–H groups in total. The van der Waals surface area contributed by atoms with Crippen molar-refractivity contribution in [1.29, 1.82) is 0 Å². The van der Waals surface area contributed by atoms with Crippen LogP contribution in [0, 0.1) is 0 Å². The highest BCUT2D eigenvalue weighted by atomic mass is 32.2. The molecular weight excluding hydrogens is 486 g/mol. The van der Waals surface area contributed by atoms with E-state index in [2.05, 4.69) is 10.6 Å². The Hall–Kier alpha value is -4.43. The zero-order chi connectivity index (χ0) is 26.4. The van der Waals surface area contributed by atoms with Crippen molar-refractivity contribution in [3.05, 3.63) is 126 Å². The van der Waals surface area contributed by atoms with Gasteiger partial charge in [-0.25, -0.2) is 8.42 Å². The number of amides is 2. The van der Waals surface area contributed by atoms with Crippen LogP contribution >= 0.6 is 0 Å². The minimum absolute atomic E-state index is 0.113. The minimum atomic E-state index is -3.89. The van der Waals surface area contributed by atoms with Crippen LogP contribution in [0.5, 0.6) is 0 Å². The smallest absolute Gasteiger partial charge is 0.264 e. The van der Waals surface area contributed by atoms with E-state index in [4.69, 9.17) is 0 Å². The summed E-state index contributed by atoms with van der Waals surface area (Å²) in [5.74, 6) is -0.883. The summed E-state index contributed by atoms with van der Waals surface area (Å²) in [6.07, 6.45) is 0. The lowest BCUT2D eigenvalue weighted by Gasteiger charge is -2.22. The molecule has 0 aliphatic carbocycles. The fourth-order valence-electron chi connectivity index (χ4n) is 3.90. The van der Waals surface area contributed by atoms with Gasteiger partial charge in [0.2, 0.25) is 0 Å². The van der Waals surface area contributed by atoms with Crippen LogP contribution in [0.25, 0.3) is 0 Å². The highest BCUT2D eigenvalue weighted by Crippen LogP contribution is 2.27. The minimum Gasteiger partial charge on any atom is -0.345 e. The summed E-state index contributed by atoms with van der Waals surface area (Å²) in [6.45, 7) is 1.88. The number of carbonyl (C=O) groups excluding carboxylic acids is 2. The van der Waals surface area contributed by atoms with Crippen LogP contribution in [0.2, 0.25) is 0 Å². The van der Waals surface area contributed by atoms with Gasteiger partial charge in [-0.05, 0) is 48.9 Å². The van der Waals surface area contributed by atoms with E-state index >= 15 is 0 Å². The molecule has 0 saturated heterocycles. The second-order valence-electron chi connectivity index (χ2n) is 8.41. The van der Waals surface area contributed by atoms with Crippen molar-refractivity contribution in [2.24, 2.45) is 0 Å². The molecule has 0 saturated carbocycles. The molecule has 37 heavy (non-hydrogen) atoms. The summed E-state index contributed by atoms with van der Waals surface area (Å²) in [7, 11) is -2.49. The second-order valence-corrected chi connectivity index (χ2v) is 10.4. The highest BCUT2D eigenvalue weighted by Gasteiger charge is 2.25. The summed E-state index contributed by atoms with van der Waals surface area (Å²) in [5.41, 5.74) is 1.92. The summed E-state index contributed by atoms with van der Waals surface area (Å²) in [6, 6.07) is 30.4. The molecule has 8 heteroatoms. The van der Waals surface area contributed by atoms with Crippen molar-refractivity contribution in [3.63, 3.8) is 0 Å². The van der Waals surface area contributed by atoms with Gasteiger partial charge in [-0.3, -0.25) is 13.9 Å². The van der Waals surface area contributed by atoms with Crippen LogP contribution in [0.4, 0.5) is 11.4 Å². The molecule has 0 unspecified atom stereocenters. The molecular formula is C29H27N3O4S. The number of benzene rings is 4. The predicted octanol–water partition coefficient (Wildman–Crippen LogP) is 5.26. The molecule has 4 aromatic carbocycles. The SMILES string of the molecule is C[C@H](NC(=O)c1ccccc1NC(=O)c1ccccc1N(C)S(=O)(=O)c1ccccc1)c1ccccc1. The van der Waals surface area contributed by atoms with E-state index in [0.29, 0.717) is 11.3 Å². The number of anilines is 2. The lowest BCUT2D eigenvalue weighted by Crippen LogP contribution is -2.30. The van der Waals surface area contributed by atoms with Crippen LogP contribution in [0.15, 0.2) is 114 Å². The third-order valence-corrected chi connectivity index (χ3v) is 7.74. The Labute approximate surface area is 216 Å². The number of hydrogen-bond acceptors (Lipinski definition) is 4.